The van der Waals surface area contributed by atoms with Crippen LogP contribution in [0, 0.1) is 0 Å². The number of rotatable bonds is 10. The summed E-state index contributed by atoms with van der Waals surface area (Å²) in [6.45, 7) is 18.1. The van der Waals surface area contributed by atoms with Gasteiger partial charge in [0.1, 0.15) is 0 Å². The van der Waals surface area contributed by atoms with Crippen LogP contribution in [0.5, 0.6) is 0 Å². The smallest absolute Gasteiger partial charge is 0.225 e. The molecule has 0 amide bonds. The summed E-state index contributed by atoms with van der Waals surface area (Å²) in [5.41, 5.74) is 17.0. The van der Waals surface area contributed by atoms with Gasteiger partial charge < -0.3 is 9.70 Å². The molecule has 0 unspecified atom stereocenters. The molecule has 0 bridgehead atoms. The molecule has 0 spiro atoms. The molecule has 0 atom stereocenters. The Hall–Kier alpha value is -5.56. The molecule has 1 N–H and O–H groups in total. The first-order chi connectivity index (χ1) is 30.2. The number of nitrogens with zero attached hydrogens (tertiary/aromatic N) is 1. The second-order valence-corrected chi connectivity index (χ2v) is 25.9. The molecule has 0 saturated carbocycles. The molecule has 0 saturated heterocycles. The molecule has 10 rings (SSSR count). The number of hydrogen-bond donors (Lipinski definition) is 1. The Balaban J connectivity index is 0.954. The Bertz CT molecular complexity index is 2940. The first kappa shape index (κ1) is 41.4. The van der Waals surface area contributed by atoms with Gasteiger partial charge in [-0.05, 0) is 139 Å². The molecule has 8 aromatic rings. The molecule has 0 fully saturated rings. The molecule has 63 heavy (non-hydrogen) atoms. The van der Waals surface area contributed by atoms with Crippen molar-refractivity contribution in [3.63, 3.8) is 0 Å². The highest BCUT2D eigenvalue weighted by Crippen LogP contribution is 2.53. The van der Waals surface area contributed by atoms with Crippen LogP contribution in [-0.4, -0.2) is 13.1 Å². The van der Waals surface area contributed by atoms with Gasteiger partial charge in [-0.1, -0.05) is 159 Å². The lowest BCUT2D eigenvalue weighted by atomic mass is 9.82. The van der Waals surface area contributed by atoms with Crippen molar-refractivity contribution >= 4 is 65.4 Å². The molecule has 2 aliphatic carbocycles. The van der Waals surface area contributed by atoms with E-state index in [2.05, 4.69) is 230 Å². The zero-order chi connectivity index (χ0) is 43.8. The minimum atomic E-state index is -2.60. The van der Waals surface area contributed by atoms with Crippen LogP contribution in [0.4, 0.5) is 17.1 Å². The summed E-state index contributed by atoms with van der Waals surface area (Å²) in [4.78, 5) is 19.2. The predicted octanol–water partition coefficient (Wildman–Crippen LogP) is 16.4. The largest absolute Gasteiger partial charge is 0.427 e. The van der Waals surface area contributed by atoms with Gasteiger partial charge >= 0.3 is 0 Å². The first-order valence-corrected chi connectivity index (χ1v) is 26.1. The van der Waals surface area contributed by atoms with Crippen molar-refractivity contribution in [3.8, 4) is 42.4 Å². The van der Waals surface area contributed by atoms with E-state index in [4.69, 9.17) is 0 Å². The average molecular weight is 874 g/mol. The van der Waals surface area contributed by atoms with Crippen molar-refractivity contribution in [3.05, 3.63) is 190 Å². The summed E-state index contributed by atoms with van der Waals surface area (Å²) in [5, 5.41) is 1.12. The summed E-state index contributed by atoms with van der Waals surface area (Å²) < 4.78 is 0. The van der Waals surface area contributed by atoms with Gasteiger partial charge in [-0.2, -0.15) is 0 Å². The van der Waals surface area contributed by atoms with Crippen LogP contribution in [-0.2, 0) is 10.8 Å². The van der Waals surface area contributed by atoms with Crippen molar-refractivity contribution in [1.82, 2.24) is 0 Å². The van der Waals surface area contributed by atoms with Crippen LogP contribution < -0.4 is 10.1 Å². The van der Waals surface area contributed by atoms with Gasteiger partial charge in [0.05, 0.1) is 0 Å². The topological polar surface area (TPSA) is 23.5 Å². The van der Waals surface area contributed by atoms with E-state index in [1.54, 1.807) is 0 Å². The number of benzene rings is 6. The maximum Gasteiger partial charge on any atom is 0.225 e. The van der Waals surface area contributed by atoms with Gasteiger partial charge in [0, 0.05) is 47.4 Å². The van der Waals surface area contributed by atoms with Crippen LogP contribution in [0.2, 0.25) is 11.1 Å². The van der Waals surface area contributed by atoms with Gasteiger partial charge in [-0.15, -0.1) is 22.7 Å². The van der Waals surface area contributed by atoms with Gasteiger partial charge in [0.15, 0.2) is 0 Å². The highest BCUT2D eigenvalue weighted by Gasteiger charge is 2.41. The minimum absolute atomic E-state index is 0.0996. The van der Waals surface area contributed by atoms with Gasteiger partial charge in [0.25, 0.3) is 0 Å². The van der Waals surface area contributed by atoms with Crippen molar-refractivity contribution in [1.29, 1.82) is 0 Å². The standard InChI is InChI=1S/C58H55NOS2Si/c1-37(2)63(60,38(3)4)45-15-13-14-39(34-45)20-27-44-28-31-55(61-44)56-33-32-54(62-56)40-21-23-41(24-22-40)59(42-25-29-48-46-16-9-11-18-50(46)57(5,6)52(48)35-42)43-26-30-49-47-17-10-12-19-51(47)58(7,8)53(49)36-43/h9-38,60H,1-8H3/b27-20+. The number of thiophene rings is 2. The van der Waals surface area contributed by atoms with Gasteiger partial charge in [-0.25, -0.2) is 0 Å². The van der Waals surface area contributed by atoms with Gasteiger partial charge in [0.2, 0.25) is 8.32 Å². The van der Waals surface area contributed by atoms with Crippen molar-refractivity contribution in [2.45, 2.75) is 77.3 Å². The Morgan fingerprint density at radius 1 is 0.476 bits per heavy atom. The first-order valence-electron chi connectivity index (χ1n) is 22.4. The maximum atomic E-state index is 11.7. The fourth-order valence-corrected chi connectivity index (χ4v) is 15.9. The van der Waals surface area contributed by atoms with E-state index in [0.29, 0.717) is 0 Å². The van der Waals surface area contributed by atoms with E-state index in [-0.39, 0.29) is 21.9 Å². The molecule has 5 heteroatoms. The third-order valence-corrected chi connectivity index (χ3v) is 21.2. The monoisotopic (exact) mass is 873 g/mol. The van der Waals surface area contributed by atoms with E-state index < -0.39 is 8.32 Å². The van der Waals surface area contributed by atoms with Gasteiger partial charge in [-0.3, -0.25) is 0 Å². The zero-order valence-corrected chi connectivity index (χ0v) is 40.2. The summed E-state index contributed by atoms with van der Waals surface area (Å²) in [6.07, 6.45) is 4.39. The van der Waals surface area contributed by atoms with Crippen LogP contribution in [0.3, 0.4) is 0 Å². The fraction of sp³-hybridized carbons (Fsp3) is 0.207. The lowest BCUT2D eigenvalue weighted by Crippen LogP contribution is -2.53. The average Bonchev–Trinajstić information content (AvgIpc) is 4.07. The van der Waals surface area contributed by atoms with E-state index in [0.717, 1.165) is 16.4 Å². The van der Waals surface area contributed by atoms with Crippen molar-refractivity contribution < 1.29 is 4.80 Å². The molecule has 0 aliphatic heterocycles. The summed E-state index contributed by atoms with van der Waals surface area (Å²) in [6, 6.07) is 58.7. The number of hydrogen-bond acceptors (Lipinski definition) is 4. The van der Waals surface area contributed by atoms with Crippen molar-refractivity contribution in [2.24, 2.45) is 0 Å². The zero-order valence-electron chi connectivity index (χ0n) is 37.5. The van der Waals surface area contributed by atoms with Crippen molar-refractivity contribution in [2.75, 3.05) is 4.90 Å². The van der Waals surface area contributed by atoms with E-state index in [1.165, 1.54) is 81.0 Å². The molecular formula is C58H55NOS2Si. The minimum Gasteiger partial charge on any atom is -0.427 e. The molecule has 2 heterocycles. The summed E-state index contributed by atoms with van der Waals surface area (Å²) in [7, 11) is -2.60. The quantitative estimate of drug-likeness (QED) is 0.138. The Morgan fingerprint density at radius 3 is 1.57 bits per heavy atom. The molecule has 314 valence electrons. The lowest BCUT2D eigenvalue weighted by Gasteiger charge is -2.33. The molecule has 0 radical (unpaired) electrons. The van der Waals surface area contributed by atoms with E-state index in [9.17, 15) is 4.80 Å². The third-order valence-electron chi connectivity index (χ3n) is 14.1. The molecule has 6 aromatic carbocycles. The third kappa shape index (κ3) is 6.92. The summed E-state index contributed by atoms with van der Waals surface area (Å²) in [5.74, 6) is 0. The van der Waals surface area contributed by atoms with Crippen LogP contribution >= 0.6 is 22.7 Å². The second kappa shape index (κ2) is 15.6. The molecule has 2 aromatic heterocycles. The SMILES string of the molecule is CC(C)[Si](O)(c1cccc(/C=C/c2ccc(-c3ccc(-c4ccc(N(c5ccc6c(c5)C(C)(C)c5ccccc5-6)c5ccc6c(c5)C(C)(C)c5ccccc5-6)cc4)s3)s2)c1)C(C)C. The van der Waals surface area contributed by atoms with E-state index >= 15 is 0 Å². The molecular weight excluding hydrogens is 819 g/mol. The Morgan fingerprint density at radius 2 is 0.984 bits per heavy atom. The lowest BCUT2D eigenvalue weighted by molar-refractivity contribution is 0.513. The molecule has 2 nitrogen and oxygen atoms in total. The Labute approximate surface area is 383 Å². The molecule has 2 aliphatic rings. The highest BCUT2D eigenvalue weighted by molar-refractivity contribution is 7.24. The summed E-state index contributed by atoms with van der Waals surface area (Å²) >= 11 is 3.67. The highest BCUT2D eigenvalue weighted by atomic mass is 32.1. The predicted molar refractivity (Wildman–Crippen MR) is 276 cm³/mol. The van der Waals surface area contributed by atoms with Crippen LogP contribution in [0.25, 0.3) is 54.6 Å². The van der Waals surface area contributed by atoms with Crippen LogP contribution in [0.1, 0.15) is 88.1 Å². The van der Waals surface area contributed by atoms with E-state index in [1.807, 2.05) is 22.7 Å². The number of anilines is 3. The maximum absolute atomic E-state index is 11.7. The normalized spacial score (nSPS) is 14.6. The fourth-order valence-electron chi connectivity index (χ4n) is 10.5. The van der Waals surface area contributed by atoms with Crippen LogP contribution in [0.15, 0.2) is 158 Å². The Kier molecular flexibility index (Phi) is 10.3. The second-order valence-electron chi connectivity index (χ2n) is 19.1. The number of fused-ring (bicyclic) bond motifs is 6.